The van der Waals surface area contributed by atoms with Gasteiger partial charge in [0.25, 0.3) is 0 Å². The van der Waals surface area contributed by atoms with E-state index in [1.807, 2.05) is 54.9 Å². The number of hydrogen-bond acceptors (Lipinski definition) is 6. The van der Waals surface area contributed by atoms with Gasteiger partial charge in [0.1, 0.15) is 12.0 Å². The molecule has 1 aromatic heterocycles. The van der Waals surface area contributed by atoms with Crippen LogP contribution in [-0.4, -0.2) is 29.4 Å². The first kappa shape index (κ1) is 29.5. The number of benzene rings is 5. The molecule has 234 valence electrons. The van der Waals surface area contributed by atoms with Gasteiger partial charge in [0.05, 0.1) is 23.4 Å². The van der Waals surface area contributed by atoms with Crippen LogP contribution in [0.25, 0.3) is 33.2 Å². The maximum absolute atomic E-state index is 5.22. The highest BCUT2D eigenvalue weighted by atomic mass is 15.2. The predicted octanol–water partition coefficient (Wildman–Crippen LogP) is 9.49. The highest BCUT2D eigenvalue weighted by Crippen LogP contribution is 2.42. The third kappa shape index (κ3) is 5.66. The van der Waals surface area contributed by atoms with Crippen LogP contribution in [0.4, 0.5) is 11.4 Å². The maximum Gasteiger partial charge on any atom is 0.159 e. The molecule has 2 N–H and O–H groups in total. The minimum Gasteiger partial charge on any atom is -0.378 e. The van der Waals surface area contributed by atoms with Crippen LogP contribution in [0.2, 0.25) is 0 Å². The second-order valence-corrected chi connectivity index (χ2v) is 13.3. The summed E-state index contributed by atoms with van der Waals surface area (Å²) in [6.07, 6.45) is 3.41. The van der Waals surface area contributed by atoms with Crippen molar-refractivity contribution in [2.45, 2.75) is 32.4 Å². The largest absolute Gasteiger partial charge is 0.378 e. The van der Waals surface area contributed by atoms with E-state index in [-0.39, 0.29) is 11.6 Å². The molecule has 6 aromatic rings. The number of nitrogens with one attached hydrogen (secondary N) is 2. The van der Waals surface area contributed by atoms with Gasteiger partial charge in [0.2, 0.25) is 0 Å². The van der Waals surface area contributed by atoms with E-state index in [4.69, 9.17) is 20.0 Å². The zero-order valence-corrected chi connectivity index (χ0v) is 27.3. The molecule has 6 nitrogen and oxygen atoms in total. The van der Waals surface area contributed by atoms with Crippen molar-refractivity contribution in [3.8, 4) is 22.3 Å². The molecule has 0 spiro atoms. The molecule has 5 aromatic carbocycles. The van der Waals surface area contributed by atoms with Gasteiger partial charge in [0, 0.05) is 34.5 Å². The van der Waals surface area contributed by atoms with Crippen LogP contribution >= 0.6 is 0 Å². The number of rotatable bonds is 5. The summed E-state index contributed by atoms with van der Waals surface area (Å²) >= 11 is 0. The van der Waals surface area contributed by atoms with Crippen LogP contribution < -0.4 is 10.6 Å². The Balaban J connectivity index is 1.33. The summed E-state index contributed by atoms with van der Waals surface area (Å²) in [6, 6.07) is 42.4. The lowest BCUT2D eigenvalue weighted by molar-refractivity contribution is 0.590. The topological polar surface area (TPSA) is 74.0 Å². The van der Waals surface area contributed by atoms with Crippen LogP contribution in [-0.2, 0) is 5.41 Å². The van der Waals surface area contributed by atoms with E-state index >= 15 is 0 Å². The second kappa shape index (κ2) is 12.0. The Morgan fingerprint density at radius 2 is 1.42 bits per heavy atom. The first-order valence-corrected chi connectivity index (χ1v) is 16.4. The summed E-state index contributed by atoms with van der Waals surface area (Å²) in [4.78, 5) is 19.9. The van der Waals surface area contributed by atoms with Crippen molar-refractivity contribution >= 4 is 40.2 Å². The number of aliphatic imine (C=N–C) groups is 3. The van der Waals surface area contributed by atoms with E-state index in [2.05, 4.69) is 110 Å². The second-order valence-electron chi connectivity index (χ2n) is 13.3. The fourth-order valence-electron chi connectivity index (χ4n) is 6.41. The van der Waals surface area contributed by atoms with E-state index in [1.54, 1.807) is 0 Å². The molecule has 0 radical (unpaired) electrons. The summed E-state index contributed by atoms with van der Waals surface area (Å²) < 4.78 is 0. The average Bonchev–Trinajstić information content (AvgIpc) is 3.14. The van der Waals surface area contributed by atoms with E-state index in [1.165, 1.54) is 5.56 Å². The van der Waals surface area contributed by atoms with Crippen LogP contribution in [0.1, 0.15) is 49.2 Å². The van der Waals surface area contributed by atoms with Gasteiger partial charge >= 0.3 is 0 Å². The molecule has 2 aliphatic rings. The summed E-state index contributed by atoms with van der Waals surface area (Å²) in [5.41, 5.74) is 11.6. The molecule has 2 aliphatic heterocycles. The number of anilines is 1. The Hall–Kier alpha value is -5.88. The molecule has 1 unspecified atom stereocenters. The van der Waals surface area contributed by atoms with Crippen molar-refractivity contribution in [2.75, 3.05) is 11.9 Å². The maximum atomic E-state index is 5.22. The molecule has 0 fully saturated rings. The summed E-state index contributed by atoms with van der Waals surface area (Å²) in [7, 11) is 0. The summed E-state index contributed by atoms with van der Waals surface area (Å²) in [6.45, 7) is 7.43. The van der Waals surface area contributed by atoms with Crippen molar-refractivity contribution in [3.63, 3.8) is 0 Å². The van der Waals surface area contributed by atoms with Gasteiger partial charge in [-0.3, -0.25) is 9.98 Å². The number of pyridine rings is 1. The number of amidine groups is 2. The molecule has 0 bridgehead atoms. The lowest BCUT2D eigenvalue weighted by Crippen LogP contribution is -2.33. The molecular formula is C42H36N6. The molecule has 48 heavy (non-hydrogen) atoms. The fraction of sp³-hybridized carbons (Fsp3) is 0.143. The Morgan fingerprint density at radius 1 is 0.688 bits per heavy atom. The average molecular weight is 625 g/mol. The minimum atomic E-state index is -0.378. The van der Waals surface area contributed by atoms with Gasteiger partial charge in [-0.1, -0.05) is 106 Å². The van der Waals surface area contributed by atoms with Gasteiger partial charge in [-0.2, -0.15) is 0 Å². The molecule has 6 heteroatoms. The molecule has 0 saturated carbocycles. The van der Waals surface area contributed by atoms with Gasteiger partial charge in [-0.15, -0.1) is 0 Å². The standard InChI is InChI=1S/C42H36N6/c1-42(2,3)33-18-16-27(17-19-33)30-23-31(35-26-36-38(45-22-21-43-36)34-15-10-20-44-37(34)35)25-32(24-30)41-47-39(28-11-6-4-7-12-28)46-40(48-41)29-13-8-5-9-14-29/h4-21,23-26,41,45H,22H2,1-3H3,(H,46,47,48). The Bertz CT molecular complexity index is 2230. The lowest BCUT2D eigenvalue weighted by atomic mass is 9.86. The minimum absolute atomic E-state index is 0.0650. The number of aromatic nitrogens is 1. The Labute approximate surface area is 281 Å². The normalized spacial score (nSPS) is 15.6. The molecule has 0 amide bonds. The van der Waals surface area contributed by atoms with Gasteiger partial charge in [0.15, 0.2) is 5.84 Å². The van der Waals surface area contributed by atoms with Crippen LogP contribution in [0.15, 0.2) is 143 Å². The van der Waals surface area contributed by atoms with Crippen molar-refractivity contribution in [3.05, 3.63) is 150 Å². The quantitative estimate of drug-likeness (QED) is 0.201. The van der Waals surface area contributed by atoms with Gasteiger partial charge in [-0.25, -0.2) is 9.98 Å². The van der Waals surface area contributed by atoms with E-state index in [0.29, 0.717) is 12.4 Å². The van der Waals surface area contributed by atoms with E-state index in [9.17, 15) is 0 Å². The Morgan fingerprint density at radius 3 is 2.17 bits per heavy atom. The van der Waals surface area contributed by atoms with Crippen molar-refractivity contribution in [2.24, 2.45) is 15.0 Å². The van der Waals surface area contributed by atoms with E-state index < -0.39 is 0 Å². The fourth-order valence-corrected chi connectivity index (χ4v) is 6.41. The summed E-state index contributed by atoms with van der Waals surface area (Å²) in [5.74, 6) is 1.48. The highest BCUT2D eigenvalue weighted by molar-refractivity contribution is 6.13. The first-order chi connectivity index (χ1) is 23.4. The van der Waals surface area contributed by atoms with Crippen LogP contribution in [0, 0.1) is 0 Å². The lowest BCUT2D eigenvalue weighted by Gasteiger charge is -2.25. The highest BCUT2D eigenvalue weighted by Gasteiger charge is 2.24. The molecule has 0 saturated heterocycles. The van der Waals surface area contributed by atoms with Crippen LogP contribution in [0.3, 0.4) is 0 Å². The van der Waals surface area contributed by atoms with Crippen LogP contribution in [0.5, 0.6) is 0 Å². The van der Waals surface area contributed by atoms with Crippen molar-refractivity contribution in [1.82, 2.24) is 10.3 Å². The molecule has 3 heterocycles. The first-order valence-electron chi connectivity index (χ1n) is 16.4. The number of nitrogens with zero attached hydrogens (tertiary/aromatic N) is 4. The smallest absolute Gasteiger partial charge is 0.159 e. The zero-order chi connectivity index (χ0) is 32.7. The number of fused-ring (bicyclic) bond motifs is 3. The van der Waals surface area contributed by atoms with Crippen molar-refractivity contribution < 1.29 is 0 Å². The third-order valence-corrected chi connectivity index (χ3v) is 8.96. The summed E-state index contributed by atoms with van der Waals surface area (Å²) in [5, 5.41) is 8.24. The predicted molar refractivity (Wildman–Crippen MR) is 200 cm³/mol. The SMILES string of the molecule is CC(C)(C)c1ccc(-c2cc(-c3cc4c(c5cccnc35)NCC=N4)cc(C3N=C(c4ccccc4)N=C(c4ccccc4)N3)c2)cc1. The van der Waals surface area contributed by atoms with Gasteiger partial charge in [-0.05, 0) is 69.6 Å². The zero-order valence-electron chi connectivity index (χ0n) is 27.3. The molecule has 0 aliphatic carbocycles. The third-order valence-electron chi connectivity index (χ3n) is 8.96. The number of hydrogen-bond donors (Lipinski definition) is 2. The molecule has 1 atom stereocenters. The van der Waals surface area contributed by atoms with Crippen molar-refractivity contribution in [1.29, 1.82) is 0 Å². The van der Waals surface area contributed by atoms with E-state index in [0.717, 1.165) is 67.1 Å². The monoisotopic (exact) mass is 624 g/mol. The molecule has 8 rings (SSSR count). The van der Waals surface area contributed by atoms with Gasteiger partial charge < -0.3 is 10.6 Å². The molecular weight excluding hydrogens is 589 g/mol. The Kier molecular flexibility index (Phi) is 7.41.